The molecule has 1 heterocycles. The molecule has 1 N–H and O–H groups in total. The lowest BCUT2D eigenvalue weighted by molar-refractivity contribution is -0.126. The van der Waals surface area contributed by atoms with Crippen LogP contribution in [0.1, 0.15) is 35.7 Å². The highest BCUT2D eigenvalue weighted by Crippen LogP contribution is 2.25. The van der Waals surface area contributed by atoms with Crippen molar-refractivity contribution >= 4 is 17.5 Å². The molecule has 178 valence electrons. The zero-order valence-corrected chi connectivity index (χ0v) is 20.1. The molecule has 0 spiro atoms. The van der Waals surface area contributed by atoms with Crippen molar-refractivity contribution in [1.82, 2.24) is 10.2 Å². The quantitative estimate of drug-likeness (QED) is 0.629. The van der Waals surface area contributed by atoms with E-state index in [1.165, 1.54) is 11.3 Å². The minimum Gasteiger partial charge on any atom is -0.497 e. The van der Waals surface area contributed by atoms with Crippen LogP contribution in [-0.2, 0) is 4.79 Å². The van der Waals surface area contributed by atoms with Crippen molar-refractivity contribution in [2.45, 2.75) is 26.7 Å². The summed E-state index contributed by atoms with van der Waals surface area (Å²) in [5.74, 6) is 1.11. The fourth-order valence-electron chi connectivity index (χ4n) is 4.21. The van der Waals surface area contributed by atoms with Gasteiger partial charge in [-0.05, 0) is 56.5 Å². The van der Waals surface area contributed by atoms with Gasteiger partial charge >= 0.3 is 0 Å². The fourth-order valence-corrected chi connectivity index (χ4v) is 4.21. The molecule has 3 rings (SSSR count). The molecule has 33 heavy (non-hydrogen) atoms. The number of hydrogen-bond donors (Lipinski definition) is 1. The number of piperidine rings is 1. The lowest BCUT2D eigenvalue weighted by Crippen LogP contribution is -2.44. The van der Waals surface area contributed by atoms with Gasteiger partial charge in [-0.1, -0.05) is 12.1 Å². The van der Waals surface area contributed by atoms with Crippen LogP contribution < -0.4 is 19.7 Å². The van der Waals surface area contributed by atoms with Gasteiger partial charge in [-0.3, -0.25) is 9.59 Å². The van der Waals surface area contributed by atoms with Crippen molar-refractivity contribution < 1.29 is 19.1 Å². The predicted molar refractivity (Wildman–Crippen MR) is 130 cm³/mol. The van der Waals surface area contributed by atoms with Gasteiger partial charge in [0.2, 0.25) is 5.91 Å². The van der Waals surface area contributed by atoms with E-state index in [2.05, 4.69) is 48.3 Å². The van der Waals surface area contributed by atoms with E-state index in [-0.39, 0.29) is 17.7 Å². The molecule has 0 aliphatic carbocycles. The Morgan fingerprint density at radius 3 is 2.30 bits per heavy atom. The number of hydrogen-bond acceptors (Lipinski definition) is 5. The number of likely N-dealkylation sites (N-methyl/N-ethyl adjacent to an activating group) is 1. The largest absolute Gasteiger partial charge is 0.497 e. The van der Waals surface area contributed by atoms with E-state index >= 15 is 0 Å². The van der Waals surface area contributed by atoms with Gasteiger partial charge < -0.3 is 24.6 Å². The maximum atomic E-state index is 13.0. The van der Waals surface area contributed by atoms with Crippen LogP contribution in [0.3, 0.4) is 0 Å². The standard InChI is InChI=1S/C26H35N3O4/c1-5-28(22-8-6-7-19(2)15-22)14-11-27-25(30)20-9-12-29(13-10-20)26(31)21-16-23(32-3)18-24(17-21)33-4/h6-8,15-18,20H,5,9-14H2,1-4H3,(H,27,30). The molecule has 1 aliphatic rings. The summed E-state index contributed by atoms with van der Waals surface area (Å²) in [5.41, 5.74) is 2.93. The third-order valence-electron chi connectivity index (χ3n) is 6.18. The second-order valence-electron chi connectivity index (χ2n) is 8.38. The number of methoxy groups -OCH3 is 2. The number of carbonyl (C=O) groups excluding carboxylic acids is 2. The minimum absolute atomic E-state index is 0.0667. The molecule has 7 nitrogen and oxygen atoms in total. The molecule has 0 unspecified atom stereocenters. The number of nitrogens with zero attached hydrogens (tertiary/aromatic N) is 2. The molecule has 2 aromatic rings. The van der Waals surface area contributed by atoms with Crippen molar-refractivity contribution in [1.29, 1.82) is 0 Å². The zero-order valence-electron chi connectivity index (χ0n) is 20.1. The Balaban J connectivity index is 1.48. The lowest BCUT2D eigenvalue weighted by atomic mass is 9.95. The summed E-state index contributed by atoms with van der Waals surface area (Å²) in [5, 5.41) is 3.09. The Labute approximate surface area is 196 Å². The molecule has 0 saturated carbocycles. The first-order valence-electron chi connectivity index (χ1n) is 11.6. The second kappa shape index (κ2) is 11.6. The molecule has 0 atom stereocenters. The summed E-state index contributed by atoms with van der Waals surface area (Å²) in [6, 6.07) is 13.6. The van der Waals surface area contributed by atoms with Gasteiger partial charge in [0.15, 0.2) is 0 Å². The van der Waals surface area contributed by atoms with E-state index in [9.17, 15) is 9.59 Å². The van der Waals surface area contributed by atoms with Gasteiger partial charge in [0.25, 0.3) is 5.91 Å². The summed E-state index contributed by atoms with van der Waals surface area (Å²) in [7, 11) is 3.13. The van der Waals surface area contributed by atoms with E-state index in [0.717, 1.165) is 13.1 Å². The highest BCUT2D eigenvalue weighted by atomic mass is 16.5. The van der Waals surface area contributed by atoms with Crippen molar-refractivity contribution in [2.24, 2.45) is 5.92 Å². The Kier molecular flexibility index (Phi) is 8.58. The molecule has 0 bridgehead atoms. The van der Waals surface area contributed by atoms with Crippen LogP contribution in [-0.4, -0.2) is 63.7 Å². The SMILES string of the molecule is CCN(CCNC(=O)C1CCN(C(=O)c2cc(OC)cc(OC)c2)CC1)c1cccc(C)c1. The normalized spacial score (nSPS) is 14.0. The number of benzene rings is 2. The summed E-state index contributed by atoms with van der Waals surface area (Å²) >= 11 is 0. The van der Waals surface area contributed by atoms with Crippen molar-refractivity contribution in [3.05, 3.63) is 53.6 Å². The fraction of sp³-hybridized carbons (Fsp3) is 0.462. The first-order chi connectivity index (χ1) is 15.9. The maximum absolute atomic E-state index is 13.0. The maximum Gasteiger partial charge on any atom is 0.254 e. The van der Waals surface area contributed by atoms with Crippen LogP contribution in [0.25, 0.3) is 0 Å². The minimum atomic E-state index is -0.0669. The van der Waals surface area contributed by atoms with Crippen molar-refractivity contribution in [2.75, 3.05) is 51.8 Å². The summed E-state index contributed by atoms with van der Waals surface area (Å²) < 4.78 is 10.5. The van der Waals surface area contributed by atoms with Gasteiger partial charge in [0.05, 0.1) is 14.2 Å². The Bertz CT molecular complexity index is 932. The van der Waals surface area contributed by atoms with Crippen LogP contribution >= 0.6 is 0 Å². The van der Waals surface area contributed by atoms with Gasteiger partial charge in [0, 0.05) is 56.0 Å². The molecular formula is C26H35N3O4. The average molecular weight is 454 g/mol. The Hall–Kier alpha value is -3.22. The summed E-state index contributed by atoms with van der Waals surface area (Å²) in [6.45, 7) is 7.57. The molecule has 1 aliphatic heterocycles. The third-order valence-corrected chi connectivity index (χ3v) is 6.18. The molecule has 1 fully saturated rings. The first-order valence-corrected chi connectivity index (χ1v) is 11.6. The third kappa shape index (κ3) is 6.40. The van der Waals surface area contributed by atoms with Crippen molar-refractivity contribution in [3.8, 4) is 11.5 Å². The predicted octanol–water partition coefficient (Wildman–Crippen LogP) is 3.51. The van der Waals surface area contributed by atoms with Crippen LogP contribution in [0.15, 0.2) is 42.5 Å². The number of likely N-dealkylation sites (tertiary alicyclic amines) is 1. The Morgan fingerprint density at radius 1 is 1.06 bits per heavy atom. The smallest absolute Gasteiger partial charge is 0.254 e. The molecule has 7 heteroatoms. The molecule has 2 amide bonds. The van der Waals surface area contributed by atoms with Gasteiger partial charge in [-0.15, -0.1) is 0 Å². The summed E-state index contributed by atoms with van der Waals surface area (Å²) in [6.07, 6.45) is 1.32. The molecule has 0 aromatic heterocycles. The number of nitrogens with one attached hydrogen (secondary N) is 1. The monoisotopic (exact) mass is 453 g/mol. The topological polar surface area (TPSA) is 71.1 Å². The van der Waals surface area contributed by atoms with Gasteiger partial charge in [-0.2, -0.15) is 0 Å². The van der Waals surface area contributed by atoms with Crippen LogP contribution in [0, 0.1) is 12.8 Å². The number of carbonyl (C=O) groups is 2. The van der Waals surface area contributed by atoms with Gasteiger partial charge in [-0.25, -0.2) is 0 Å². The highest BCUT2D eigenvalue weighted by molar-refractivity contribution is 5.95. The van der Waals surface area contributed by atoms with Crippen molar-refractivity contribution in [3.63, 3.8) is 0 Å². The van der Waals surface area contributed by atoms with E-state index in [1.807, 2.05) is 0 Å². The van der Waals surface area contributed by atoms with Crippen LogP contribution in [0.2, 0.25) is 0 Å². The van der Waals surface area contributed by atoms with E-state index in [0.29, 0.717) is 49.5 Å². The van der Waals surface area contributed by atoms with Crippen LogP contribution in [0.5, 0.6) is 11.5 Å². The number of amides is 2. The summed E-state index contributed by atoms with van der Waals surface area (Å²) in [4.78, 5) is 29.7. The molecular weight excluding hydrogens is 418 g/mol. The number of rotatable bonds is 9. The second-order valence-corrected chi connectivity index (χ2v) is 8.38. The zero-order chi connectivity index (χ0) is 23.8. The van der Waals surface area contributed by atoms with E-state index < -0.39 is 0 Å². The van der Waals surface area contributed by atoms with E-state index in [4.69, 9.17) is 9.47 Å². The molecule has 2 aromatic carbocycles. The average Bonchev–Trinajstić information content (AvgIpc) is 2.85. The van der Waals surface area contributed by atoms with E-state index in [1.54, 1.807) is 37.3 Å². The molecule has 1 saturated heterocycles. The highest BCUT2D eigenvalue weighted by Gasteiger charge is 2.28. The Morgan fingerprint density at radius 2 is 1.73 bits per heavy atom. The number of aryl methyl sites for hydroxylation is 1. The molecule has 0 radical (unpaired) electrons. The number of ether oxygens (including phenoxy) is 2. The van der Waals surface area contributed by atoms with Crippen LogP contribution in [0.4, 0.5) is 5.69 Å². The number of anilines is 1. The lowest BCUT2D eigenvalue weighted by Gasteiger charge is -2.32. The first kappa shape index (κ1) is 24.4. The van der Waals surface area contributed by atoms with Gasteiger partial charge in [0.1, 0.15) is 11.5 Å².